The molecule has 0 fully saturated rings. The van der Waals surface area contributed by atoms with Crippen LogP contribution in [0.4, 0.5) is 4.39 Å². The van der Waals surface area contributed by atoms with Crippen molar-refractivity contribution in [1.29, 1.82) is 0 Å². The smallest absolute Gasteiger partial charge is 0.136 e. The van der Waals surface area contributed by atoms with Crippen LogP contribution in [0, 0.1) is 5.82 Å². The lowest BCUT2D eigenvalue weighted by atomic mass is 9.82. The van der Waals surface area contributed by atoms with Gasteiger partial charge in [0.2, 0.25) is 0 Å². The van der Waals surface area contributed by atoms with Crippen LogP contribution in [-0.4, -0.2) is 9.30 Å². The second-order valence-electron chi connectivity index (χ2n) is 7.94. The van der Waals surface area contributed by atoms with E-state index in [1.165, 1.54) is 12.1 Å². The molecule has 0 amide bonds. The molecule has 0 bridgehead atoms. The number of hydrogen-bond acceptors (Lipinski definition) is 2. The van der Waals surface area contributed by atoms with Crippen LogP contribution in [0.2, 0.25) is 5.02 Å². The fraction of sp³-hybridized carbons (Fsp3) is 0.250. The molecule has 152 valence electrons. The topological polar surface area (TPSA) is 35.1 Å². The first-order valence-electron chi connectivity index (χ1n) is 9.50. The maximum absolute atomic E-state index is 13.7. The highest BCUT2D eigenvalue weighted by Gasteiger charge is 2.36. The van der Waals surface area contributed by atoms with Gasteiger partial charge in [-0.2, -0.15) is 0 Å². The Bertz CT molecular complexity index is 891. The van der Waals surface area contributed by atoms with E-state index in [4.69, 9.17) is 11.6 Å². The van der Waals surface area contributed by atoms with Crippen LogP contribution in [0.5, 0.6) is 0 Å². The predicted molar refractivity (Wildman–Crippen MR) is 120 cm³/mol. The summed E-state index contributed by atoms with van der Waals surface area (Å²) in [7, 11) is 0. The van der Waals surface area contributed by atoms with Gasteiger partial charge in [0.05, 0.1) is 6.04 Å². The molecular formula is C24H25ClFNOS. The van der Waals surface area contributed by atoms with E-state index >= 15 is 0 Å². The summed E-state index contributed by atoms with van der Waals surface area (Å²) < 4.78 is 29.6. The SMILES string of the molecule is CC(C)(C)[S@@+]([O-])N[C@@H](c1ccc(F)cc1Cl)C(c1ccccc1)c1ccccc1. The average Bonchev–Trinajstić information content (AvgIpc) is 2.68. The van der Waals surface area contributed by atoms with E-state index in [1.54, 1.807) is 6.07 Å². The van der Waals surface area contributed by atoms with Gasteiger partial charge in [-0.05, 0) is 49.6 Å². The molecule has 3 rings (SSSR count). The van der Waals surface area contributed by atoms with Crippen LogP contribution in [0.15, 0.2) is 78.9 Å². The highest BCUT2D eigenvalue weighted by molar-refractivity contribution is 7.90. The Kier molecular flexibility index (Phi) is 7.01. The summed E-state index contributed by atoms with van der Waals surface area (Å²) in [5.41, 5.74) is 2.83. The third kappa shape index (κ3) is 5.40. The fourth-order valence-corrected chi connectivity index (χ4v) is 4.39. The van der Waals surface area contributed by atoms with Gasteiger partial charge in [0.25, 0.3) is 0 Å². The highest BCUT2D eigenvalue weighted by atomic mass is 35.5. The normalized spacial score (nSPS) is 14.0. The number of rotatable bonds is 6. The van der Waals surface area contributed by atoms with Gasteiger partial charge in [-0.25, -0.2) is 4.39 Å². The van der Waals surface area contributed by atoms with E-state index in [-0.39, 0.29) is 5.92 Å². The van der Waals surface area contributed by atoms with Crippen molar-refractivity contribution in [2.45, 2.75) is 37.5 Å². The Morgan fingerprint density at radius 1 is 0.897 bits per heavy atom. The summed E-state index contributed by atoms with van der Waals surface area (Å²) in [4.78, 5) is 0. The second-order valence-corrected chi connectivity index (χ2v) is 10.3. The van der Waals surface area contributed by atoms with Crippen LogP contribution in [-0.2, 0) is 11.4 Å². The Hall–Kier alpha value is -1.85. The lowest BCUT2D eigenvalue weighted by Gasteiger charge is -2.33. The maximum Gasteiger partial charge on any atom is 0.136 e. The summed E-state index contributed by atoms with van der Waals surface area (Å²) in [5, 5.41) is 0.310. The molecule has 0 spiro atoms. The molecule has 0 aliphatic heterocycles. The van der Waals surface area contributed by atoms with Gasteiger partial charge >= 0.3 is 0 Å². The van der Waals surface area contributed by atoms with Crippen molar-refractivity contribution in [3.63, 3.8) is 0 Å². The van der Waals surface area contributed by atoms with Crippen molar-refractivity contribution in [3.8, 4) is 0 Å². The van der Waals surface area contributed by atoms with Crippen molar-refractivity contribution in [3.05, 3.63) is 106 Å². The molecule has 0 saturated carbocycles. The van der Waals surface area contributed by atoms with Crippen LogP contribution in [0.25, 0.3) is 0 Å². The Morgan fingerprint density at radius 2 is 1.41 bits per heavy atom. The van der Waals surface area contributed by atoms with Gasteiger partial charge < -0.3 is 4.55 Å². The molecule has 2 atom stereocenters. The Labute approximate surface area is 180 Å². The van der Waals surface area contributed by atoms with Crippen molar-refractivity contribution in [1.82, 2.24) is 4.72 Å². The Morgan fingerprint density at radius 3 is 1.86 bits per heavy atom. The molecule has 3 aromatic rings. The van der Waals surface area contributed by atoms with E-state index in [0.29, 0.717) is 10.6 Å². The zero-order valence-corrected chi connectivity index (χ0v) is 18.3. The van der Waals surface area contributed by atoms with Gasteiger partial charge in [-0.1, -0.05) is 78.3 Å². The first kappa shape index (κ1) is 21.8. The lowest BCUT2D eigenvalue weighted by Crippen LogP contribution is -2.43. The number of nitrogens with one attached hydrogen (secondary N) is 1. The van der Waals surface area contributed by atoms with E-state index in [9.17, 15) is 8.94 Å². The van der Waals surface area contributed by atoms with Gasteiger partial charge in [-0.3, -0.25) is 0 Å². The first-order chi connectivity index (χ1) is 13.8. The quantitative estimate of drug-likeness (QED) is 0.460. The molecule has 1 N–H and O–H groups in total. The molecule has 0 radical (unpaired) electrons. The van der Waals surface area contributed by atoms with E-state index < -0.39 is 28.0 Å². The molecule has 0 heterocycles. The van der Waals surface area contributed by atoms with Gasteiger partial charge in [-0.15, -0.1) is 4.72 Å². The zero-order valence-electron chi connectivity index (χ0n) is 16.7. The second kappa shape index (κ2) is 9.31. The maximum atomic E-state index is 13.7. The van der Waals surface area contributed by atoms with Crippen LogP contribution in [0.3, 0.4) is 0 Å². The van der Waals surface area contributed by atoms with Crippen LogP contribution >= 0.6 is 11.6 Å². The molecule has 2 nitrogen and oxygen atoms in total. The summed E-state index contributed by atoms with van der Waals surface area (Å²) in [6.45, 7) is 5.75. The number of benzene rings is 3. The molecule has 0 saturated heterocycles. The molecule has 3 aromatic carbocycles. The van der Waals surface area contributed by atoms with Crippen molar-refractivity contribution in [2.75, 3.05) is 0 Å². The standard InChI is InChI=1S/C24H25ClFNOS/c1-24(2,3)29(28)27-23(20-15-14-19(26)16-21(20)25)22(17-10-6-4-7-11-17)18-12-8-5-9-13-18/h4-16,22-23,27H,1-3H3/t23-,29+/m0/s1. The predicted octanol–water partition coefficient (Wildman–Crippen LogP) is 6.40. The van der Waals surface area contributed by atoms with Crippen molar-refractivity contribution in [2.24, 2.45) is 0 Å². The zero-order chi connectivity index (χ0) is 21.0. The minimum absolute atomic E-state index is 0.160. The third-order valence-electron chi connectivity index (χ3n) is 4.74. The molecular weight excluding hydrogens is 405 g/mol. The van der Waals surface area contributed by atoms with E-state index in [1.807, 2.05) is 81.4 Å². The van der Waals surface area contributed by atoms with Crippen molar-refractivity contribution < 1.29 is 8.94 Å². The van der Waals surface area contributed by atoms with Crippen LogP contribution in [0.1, 0.15) is 49.4 Å². The lowest BCUT2D eigenvalue weighted by molar-refractivity contribution is 0.504. The van der Waals surface area contributed by atoms with Crippen molar-refractivity contribution >= 4 is 23.0 Å². The highest BCUT2D eigenvalue weighted by Crippen LogP contribution is 2.40. The largest absolute Gasteiger partial charge is 0.598 e. The first-order valence-corrected chi connectivity index (χ1v) is 11.0. The molecule has 0 unspecified atom stereocenters. The molecule has 0 aromatic heterocycles. The summed E-state index contributed by atoms with van der Waals surface area (Å²) in [6.07, 6.45) is 0. The third-order valence-corrected chi connectivity index (χ3v) is 6.65. The molecule has 0 aliphatic carbocycles. The van der Waals surface area contributed by atoms with E-state index in [2.05, 4.69) is 4.72 Å². The minimum atomic E-state index is -1.35. The average molecular weight is 430 g/mol. The van der Waals surface area contributed by atoms with Gasteiger partial charge in [0.1, 0.15) is 10.6 Å². The number of hydrogen-bond donors (Lipinski definition) is 1. The summed E-state index contributed by atoms with van der Waals surface area (Å²) >= 11 is 5.11. The van der Waals surface area contributed by atoms with E-state index in [0.717, 1.165) is 11.1 Å². The van der Waals surface area contributed by atoms with Gasteiger partial charge in [0.15, 0.2) is 0 Å². The number of halogens is 2. The minimum Gasteiger partial charge on any atom is -0.598 e. The molecule has 5 heteroatoms. The summed E-state index contributed by atoms with van der Waals surface area (Å²) in [5.74, 6) is -0.558. The monoisotopic (exact) mass is 429 g/mol. The summed E-state index contributed by atoms with van der Waals surface area (Å²) in [6, 6.07) is 24.0. The molecule has 29 heavy (non-hydrogen) atoms. The fourth-order valence-electron chi connectivity index (χ4n) is 3.26. The Balaban J connectivity index is 2.17. The van der Waals surface area contributed by atoms with Crippen LogP contribution < -0.4 is 4.72 Å². The molecule has 0 aliphatic rings. The van der Waals surface area contributed by atoms with Gasteiger partial charge in [0, 0.05) is 22.3 Å².